The summed E-state index contributed by atoms with van der Waals surface area (Å²) in [7, 11) is 0. The van der Waals surface area contributed by atoms with E-state index in [2.05, 4.69) is 40.0 Å². The van der Waals surface area contributed by atoms with E-state index in [1.54, 1.807) is 36.4 Å². The van der Waals surface area contributed by atoms with Gasteiger partial charge < -0.3 is 15.0 Å². The maximum Gasteiger partial charge on any atom is 0.338 e. The molecule has 2 aromatic carbocycles. The number of amides is 1. The van der Waals surface area contributed by atoms with Crippen LogP contribution in [-0.2, 0) is 4.74 Å². The number of ether oxygens (including phenoxy) is 1. The Morgan fingerprint density at radius 1 is 0.962 bits per heavy atom. The van der Waals surface area contributed by atoms with Crippen molar-refractivity contribution in [1.82, 2.24) is 4.90 Å². The van der Waals surface area contributed by atoms with Crippen LogP contribution in [0.15, 0.2) is 53.0 Å². The summed E-state index contributed by atoms with van der Waals surface area (Å²) in [6, 6.07) is 13.8. The van der Waals surface area contributed by atoms with Crippen molar-refractivity contribution in [2.24, 2.45) is 0 Å². The maximum absolute atomic E-state index is 12.2. The lowest BCUT2D eigenvalue weighted by Gasteiger charge is -2.17. The van der Waals surface area contributed by atoms with Crippen LogP contribution in [0, 0.1) is 0 Å². The van der Waals surface area contributed by atoms with Gasteiger partial charge >= 0.3 is 5.97 Å². The maximum atomic E-state index is 12.2. The molecule has 0 fully saturated rings. The topological polar surface area (TPSA) is 58.6 Å². The van der Waals surface area contributed by atoms with Gasteiger partial charge in [-0.1, -0.05) is 29.8 Å². The summed E-state index contributed by atoms with van der Waals surface area (Å²) < 4.78 is 6.21. The van der Waals surface area contributed by atoms with E-state index >= 15 is 0 Å². The van der Waals surface area contributed by atoms with Gasteiger partial charge in [0, 0.05) is 22.3 Å². The van der Waals surface area contributed by atoms with Crippen molar-refractivity contribution < 1.29 is 14.3 Å². The van der Waals surface area contributed by atoms with Gasteiger partial charge in [-0.25, -0.2) is 4.79 Å². The molecule has 0 aliphatic carbocycles. The summed E-state index contributed by atoms with van der Waals surface area (Å²) in [5, 5.41) is 2.80. The monoisotopic (exact) mass is 418 g/mol. The lowest BCUT2D eigenvalue weighted by molar-refractivity contribution is 0.0466. The predicted molar refractivity (Wildman–Crippen MR) is 107 cm³/mol. The summed E-state index contributed by atoms with van der Waals surface area (Å²) >= 11 is 3.34. The van der Waals surface area contributed by atoms with Crippen LogP contribution in [0.4, 0.5) is 5.69 Å². The normalized spacial score (nSPS) is 10.6. The molecule has 0 aliphatic rings. The van der Waals surface area contributed by atoms with Crippen molar-refractivity contribution in [3.05, 3.63) is 64.1 Å². The predicted octanol–water partition coefficient (Wildman–Crippen LogP) is 4.20. The molecular formula is C20H23BrN2O3. The average Bonchev–Trinajstić information content (AvgIpc) is 2.66. The number of benzene rings is 2. The lowest BCUT2D eigenvalue weighted by Crippen LogP contribution is -2.27. The van der Waals surface area contributed by atoms with Crippen molar-refractivity contribution in [1.29, 1.82) is 0 Å². The van der Waals surface area contributed by atoms with Crippen molar-refractivity contribution in [2.45, 2.75) is 13.8 Å². The fraction of sp³-hybridized carbons (Fsp3) is 0.300. The number of halogens is 1. The molecular weight excluding hydrogens is 396 g/mol. The molecule has 0 atom stereocenters. The van der Waals surface area contributed by atoms with E-state index in [0.717, 1.165) is 24.1 Å². The molecule has 0 saturated heterocycles. The molecule has 138 valence electrons. The van der Waals surface area contributed by atoms with Gasteiger partial charge in [-0.05, 0) is 61.6 Å². The first-order chi connectivity index (χ1) is 12.5. The second kappa shape index (κ2) is 10.1. The van der Waals surface area contributed by atoms with Crippen LogP contribution in [-0.4, -0.2) is 43.0 Å². The molecule has 2 aromatic rings. The first kappa shape index (κ1) is 20.1. The molecule has 0 heterocycles. The number of carbonyl (C=O) groups excluding carboxylic acids is 2. The molecule has 0 unspecified atom stereocenters. The molecule has 0 radical (unpaired) electrons. The van der Waals surface area contributed by atoms with Gasteiger partial charge in [0.15, 0.2) is 0 Å². The van der Waals surface area contributed by atoms with Crippen LogP contribution in [0.5, 0.6) is 0 Å². The second-order valence-electron chi connectivity index (χ2n) is 5.70. The van der Waals surface area contributed by atoms with Crippen LogP contribution in [0.25, 0.3) is 0 Å². The lowest BCUT2D eigenvalue weighted by atomic mass is 10.2. The smallest absolute Gasteiger partial charge is 0.338 e. The van der Waals surface area contributed by atoms with E-state index < -0.39 is 0 Å². The van der Waals surface area contributed by atoms with Gasteiger partial charge in [-0.2, -0.15) is 0 Å². The minimum absolute atomic E-state index is 0.202. The van der Waals surface area contributed by atoms with Crippen molar-refractivity contribution >= 4 is 33.5 Å². The molecule has 0 aliphatic heterocycles. The van der Waals surface area contributed by atoms with E-state index in [1.165, 1.54) is 0 Å². The molecule has 2 rings (SSSR count). The van der Waals surface area contributed by atoms with Crippen LogP contribution < -0.4 is 5.32 Å². The summed E-state index contributed by atoms with van der Waals surface area (Å²) in [5.74, 6) is -0.560. The number of hydrogen-bond acceptors (Lipinski definition) is 4. The standard InChI is InChI=1S/C20H23BrN2O3/c1-3-23(4-2)13-14-26-20(25)16-7-11-18(12-8-16)22-19(24)15-5-9-17(21)10-6-15/h5-12H,3-4,13-14H2,1-2H3,(H,22,24). The first-order valence-electron chi connectivity index (χ1n) is 8.60. The van der Waals surface area contributed by atoms with Crippen molar-refractivity contribution in [2.75, 3.05) is 31.6 Å². The van der Waals surface area contributed by atoms with Gasteiger partial charge in [0.2, 0.25) is 0 Å². The number of esters is 1. The Labute approximate surface area is 162 Å². The Morgan fingerprint density at radius 3 is 2.12 bits per heavy atom. The first-order valence-corrected chi connectivity index (χ1v) is 9.39. The summed E-state index contributed by atoms with van der Waals surface area (Å²) in [6.07, 6.45) is 0. The van der Waals surface area contributed by atoms with Gasteiger partial charge in [-0.3, -0.25) is 4.79 Å². The molecule has 5 nitrogen and oxygen atoms in total. The second-order valence-corrected chi connectivity index (χ2v) is 6.62. The Morgan fingerprint density at radius 2 is 1.54 bits per heavy atom. The molecule has 0 saturated carbocycles. The quantitative estimate of drug-likeness (QED) is 0.652. The van der Waals surface area contributed by atoms with E-state index in [0.29, 0.717) is 23.4 Å². The SMILES string of the molecule is CCN(CC)CCOC(=O)c1ccc(NC(=O)c2ccc(Br)cc2)cc1. The zero-order valence-electron chi connectivity index (χ0n) is 15.0. The van der Waals surface area contributed by atoms with Crippen LogP contribution in [0.2, 0.25) is 0 Å². The average molecular weight is 419 g/mol. The molecule has 26 heavy (non-hydrogen) atoms. The summed E-state index contributed by atoms with van der Waals surface area (Å²) in [5.41, 5.74) is 1.65. The Hall–Kier alpha value is -2.18. The highest BCUT2D eigenvalue weighted by atomic mass is 79.9. The van der Waals surface area contributed by atoms with E-state index in [4.69, 9.17) is 4.74 Å². The molecule has 6 heteroatoms. The van der Waals surface area contributed by atoms with E-state index in [9.17, 15) is 9.59 Å². The van der Waals surface area contributed by atoms with Gasteiger partial charge in [0.25, 0.3) is 5.91 Å². The largest absolute Gasteiger partial charge is 0.461 e. The number of nitrogens with one attached hydrogen (secondary N) is 1. The Bertz CT molecular complexity index is 726. The molecule has 0 bridgehead atoms. The van der Waals surface area contributed by atoms with Crippen LogP contribution >= 0.6 is 15.9 Å². The third kappa shape index (κ3) is 5.97. The third-order valence-electron chi connectivity index (χ3n) is 4.02. The molecule has 0 spiro atoms. The molecule has 0 aromatic heterocycles. The van der Waals surface area contributed by atoms with Crippen LogP contribution in [0.3, 0.4) is 0 Å². The highest BCUT2D eigenvalue weighted by Gasteiger charge is 2.10. The third-order valence-corrected chi connectivity index (χ3v) is 4.55. The summed E-state index contributed by atoms with van der Waals surface area (Å²) in [4.78, 5) is 26.4. The van der Waals surface area contributed by atoms with Crippen molar-refractivity contribution in [3.63, 3.8) is 0 Å². The number of likely N-dealkylation sites (N-methyl/N-ethyl adjacent to an activating group) is 1. The van der Waals surface area contributed by atoms with Gasteiger partial charge in [0.1, 0.15) is 6.61 Å². The fourth-order valence-corrected chi connectivity index (χ4v) is 2.65. The number of anilines is 1. The summed E-state index contributed by atoms with van der Waals surface area (Å²) in [6.45, 7) is 7.10. The van der Waals surface area contributed by atoms with Gasteiger partial charge in [-0.15, -0.1) is 0 Å². The highest BCUT2D eigenvalue weighted by Crippen LogP contribution is 2.14. The molecule has 1 N–H and O–H groups in total. The van der Waals surface area contributed by atoms with Gasteiger partial charge in [0.05, 0.1) is 5.56 Å². The number of nitrogens with zero attached hydrogens (tertiary/aromatic N) is 1. The van der Waals surface area contributed by atoms with Crippen LogP contribution in [0.1, 0.15) is 34.6 Å². The minimum atomic E-state index is -0.358. The highest BCUT2D eigenvalue weighted by molar-refractivity contribution is 9.10. The van der Waals surface area contributed by atoms with E-state index in [-0.39, 0.29) is 11.9 Å². The Balaban J connectivity index is 1.88. The van der Waals surface area contributed by atoms with E-state index in [1.807, 2.05) is 12.1 Å². The Kier molecular flexibility index (Phi) is 7.81. The minimum Gasteiger partial charge on any atom is -0.461 e. The zero-order valence-corrected chi connectivity index (χ0v) is 16.6. The number of hydrogen-bond donors (Lipinski definition) is 1. The number of carbonyl (C=O) groups is 2. The zero-order chi connectivity index (χ0) is 18.9. The fourth-order valence-electron chi connectivity index (χ4n) is 2.38. The number of rotatable bonds is 8. The van der Waals surface area contributed by atoms with Crippen molar-refractivity contribution in [3.8, 4) is 0 Å². The molecule has 1 amide bonds.